The van der Waals surface area contributed by atoms with Crippen LogP contribution in [0.4, 0.5) is 0 Å². The lowest BCUT2D eigenvalue weighted by Gasteiger charge is -2.19. The maximum atomic E-state index is 4.49. The smallest absolute Gasteiger partial charge is 0.164 e. The largest absolute Gasteiger partial charge is 0.305 e. The number of aromatic nitrogens is 5. The highest BCUT2D eigenvalue weighted by molar-refractivity contribution is 5.10. The molecule has 0 saturated carbocycles. The zero-order valence-electron chi connectivity index (χ0n) is 13.0. The van der Waals surface area contributed by atoms with E-state index < -0.39 is 0 Å². The van der Waals surface area contributed by atoms with Gasteiger partial charge in [0, 0.05) is 12.6 Å². The third-order valence-electron chi connectivity index (χ3n) is 3.07. The molecule has 110 valence electrons. The fourth-order valence-corrected chi connectivity index (χ4v) is 1.89. The number of nitrogens with one attached hydrogen (secondary N) is 1. The van der Waals surface area contributed by atoms with Crippen molar-refractivity contribution in [1.82, 2.24) is 29.9 Å². The van der Waals surface area contributed by atoms with E-state index in [0.29, 0.717) is 13.1 Å². The van der Waals surface area contributed by atoms with Gasteiger partial charge in [0.15, 0.2) is 5.82 Å². The van der Waals surface area contributed by atoms with Crippen molar-refractivity contribution in [3.8, 4) is 0 Å². The molecule has 0 saturated heterocycles. The third kappa shape index (κ3) is 3.90. The SMILES string of the molecule is CCc1cc(Cn2cnc(CNC(C)(C)C)n2)n(C)n1. The summed E-state index contributed by atoms with van der Waals surface area (Å²) in [7, 11) is 1.97. The summed E-state index contributed by atoms with van der Waals surface area (Å²) < 4.78 is 3.77. The summed E-state index contributed by atoms with van der Waals surface area (Å²) in [6, 6.07) is 2.12. The molecule has 2 heterocycles. The quantitative estimate of drug-likeness (QED) is 0.899. The fraction of sp³-hybridized carbons (Fsp3) is 0.643. The van der Waals surface area contributed by atoms with Gasteiger partial charge in [-0.3, -0.25) is 4.68 Å². The molecule has 0 spiro atoms. The Morgan fingerprint density at radius 3 is 2.60 bits per heavy atom. The van der Waals surface area contributed by atoms with E-state index in [4.69, 9.17) is 0 Å². The second-order valence-electron chi connectivity index (χ2n) is 6.07. The van der Waals surface area contributed by atoms with E-state index in [0.717, 1.165) is 23.6 Å². The van der Waals surface area contributed by atoms with Gasteiger partial charge in [-0.05, 0) is 33.3 Å². The lowest BCUT2D eigenvalue weighted by Crippen LogP contribution is -2.35. The van der Waals surface area contributed by atoms with E-state index in [9.17, 15) is 0 Å². The number of aryl methyl sites for hydroxylation is 2. The Morgan fingerprint density at radius 2 is 2.00 bits per heavy atom. The van der Waals surface area contributed by atoms with E-state index in [1.165, 1.54) is 0 Å². The van der Waals surface area contributed by atoms with Crippen molar-refractivity contribution < 1.29 is 0 Å². The average Bonchev–Trinajstić information content (AvgIpc) is 2.94. The Hall–Kier alpha value is -1.69. The zero-order valence-corrected chi connectivity index (χ0v) is 13.0. The molecule has 20 heavy (non-hydrogen) atoms. The lowest BCUT2D eigenvalue weighted by atomic mass is 10.1. The summed E-state index contributed by atoms with van der Waals surface area (Å²) in [4.78, 5) is 4.33. The van der Waals surface area contributed by atoms with Gasteiger partial charge in [0.2, 0.25) is 0 Å². The molecule has 0 radical (unpaired) electrons. The number of hydrogen-bond acceptors (Lipinski definition) is 4. The van der Waals surface area contributed by atoms with Crippen LogP contribution >= 0.6 is 0 Å². The van der Waals surface area contributed by atoms with Crippen molar-refractivity contribution in [1.29, 1.82) is 0 Å². The highest BCUT2D eigenvalue weighted by Gasteiger charge is 2.11. The third-order valence-corrected chi connectivity index (χ3v) is 3.07. The van der Waals surface area contributed by atoms with E-state index >= 15 is 0 Å². The van der Waals surface area contributed by atoms with Gasteiger partial charge in [-0.25, -0.2) is 9.67 Å². The molecule has 0 amide bonds. The van der Waals surface area contributed by atoms with Crippen LogP contribution in [-0.2, 0) is 26.6 Å². The molecule has 0 unspecified atom stereocenters. The topological polar surface area (TPSA) is 60.6 Å². The first-order valence-corrected chi connectivity index (χ1v) is 7.02. The number of hydrogen-bond donors (Lipinski definition) is 1. The standard InChI is InChI=1S/C14H24N6/c1-6-11-7-12(19(5)17-11)9-20-10-15-13(18-20)8-16-14(2,3)4/h7,10,16H,6,8-9H2,1-5H3. The van der Waals surface area contributed by atoms with Gasteiger partial charge in [-0.1, -0.05) is 6.92 Å². The second-order valence-corrected chi connectivity index (χ2v) is 6.07. The summed E-state index contributed by atoms with van der Waals surface area (Å²) >= 11 is 0. The summed E-state index contributed by atoms with van der Waals surface area (Å²) in [5.41, 5.74) is 2.32. The number of nitrogens with zero attached hydrogens (tertiary/aromatic N) is 5. The maximum Gasteiger partial charge on any atom is 0.164 e. The first kappa shape index (κ1) is 14.7. The van der Waals surface area contributed by atoms with Gasteiger partial charge in [-0.15, -0.1) is 0 Å². The molecule has 1 N–H and O–H groups in total. The summed E-state index contributed by atoms with van der Waals surface area (Å²) in [5.74, 6) is 0.817. The Morgan fingerprint density at radius 1 is 1.25 bits per heavy atom. The van der Waals surface area contributed by atoms with Crippen LogP contribution in [0.2, 0.25) is 0 Å². The molecular formula is C14H24N6. The van der Waals surface area contributed by atoms with Gasteiger partial charge in [0.05, 0.1) is 24.5 Å². The van der Waals surface area contributed by atoms with Crippen LogP contribution in [0.5, 0.6) is 0 Å². The molecule has 0 aliphatic heterocycles. The van der Waals surface area contributed by atoms with Crippen LogP contribution in [0.1, 0.15) is 44.9 Å². The molecule has 0 aliphatic carbocycles. The molecule has 6 nitrogen and oxygen atoms in total. The molecule has 0 fully saturated rings. The zero-order chi connectivity index (χ0) is 14.8. The van der Waals surface area contributed by atoms with Gasteiger partial charge >= 0.3 is 0 Å². The predicted octanol–water partition coefficient (Wildman–Crippen LogP) is 1.51. The molecule has 0 aliphatic rings. The molecular weight excluding hydrogens is 252 g/mol. The minimum atomic E-state index is 0.0729. The molecule has 2 rings (SSSR count). The molecule has 2 aromatic heterocycles. The Bertz CT molecular complexity index is 560. The predicted molar refractivity (Wildman–Crippen MR) is 78.3 cm³/mol. The van der Waals surface area contributed by atoms with Crippen LogP contribution in [0.15, 0.2) is 12.4 Å². The highest BCUT2D eigenvalue weighted by atomic mass is 15.4. The Kier molecular flexibility index (Phi) is 4.23. The maximum absolute atomic E-state index is 4.49. The van der Waals surface area contributed by atoms with Gasteiger partial charge in [0.25, 0.3) is 0 Å². The van der Waals surface area contributed by atoms with Crippen molar-refractivity contribution in [2.24, 2.45) is 7.05 Å². The lowest BCUT2D eigenvalue weighted by molar-refractivity contribution is 0.416. The Labute approximate surface area is 120 Å². The monoisotopic (exact) mass is 276 g/mol. The summed E-state index contributed by atoms with van der Waals surface area (Å²) in [6.45, 7) is 9.88. The second kappa shape index (κ2) is 5.75. The highest BCUT2D eigenvalue weighted by Crippen LogP contribution is 2.06. The molecule has 0 aromatic carbocycles. The van der Waals surface area contributed by atoms with Crippen molar-refractivity contribution in [3.63, 3.8) is 0 Å². The van der Waals surface area contributed by atoms with Crippen LogP contribution in [0.3, 0.4) is 0 Å². The molecule has 6 heteroatoms. The van der Waals surface area contributed by atoms with Crippen LogP contribution in [-0.4, -0.2) is 30.1 Å². The first-order valence-electron chi connectivity index (χ1n) is 7.02. The first-order chi connectivity index (χ1) is 9.37. The van der Waals surface area contributed by atoms with E-state index in [1.807, 2.05) is 16.4 Å². The van der Waals surface area contributed by atoms with E-state index in [2.05, 4.69) is 54.3 Å². The van der Waals surface area contributed by atoms with Crippen molar-refractivity contribution in [2.75, 3.05) is 0 Å². The van der Waals surface area contributed by atoms with Crippen molar-refractivity contribution in [2.45, 2.75) is 52.7 Å². The summed E-state index contributed by atoms with van der Waals surface area (Å²) in [5, 5.41) is 12.3. The van der Waals surface area contributed by atoms with E-state index in [1.54, 1.807) is 6.33 Å². The molecule has 0 bridgehead atoms. The van der Waals surface area contributed by atoms with Gasteiger partial charge in [0.1, 0.15) is 6.33 Å². The van der Waals surface area contributed by atoms with Crippen LogP contribution < -0.4 is 5.32 Å². The minimum absolute atomic E-state index is 0.0729. The summed E-state index contributed by atoms with van der Waals surface area (Å²) in [6.07, 6.45) is 2.73. The fourth-order valence-electron chi connectivity index (χ4n) is 1.89. The average molecular weight is 276 g/mol. The normalized spacial score (nSPS) is 12.1. The van der Waals surface area contributed by atoms with E-state index in [-0.39, 0.29) is 5.54 Å². The number of rotatable bonds is 5. The van der Waals surface area contributed by atoms with Crippen LogP contribution in [0.25, 0.3) is 0 Å². The van der Waals surface area contributed by atoms with Crippen molar-refractivity contribution >= 4 is 0 Å². The van der Waals surface area contributed by atoms with Crippen molar-refractivity contribution in [3.05, 3.63) is 29.6 Å². The van der Waals surface area contributed by atoms with Gasteiger partial charge < -0.3 is 5.32 Å². The van der Waals surface area contributed by atoms with Crippen LogP contribution in [0, 0.1) is 0 Å². The molecule has 2 aromatic rings. The molecule has 0 atom stereocenters. The Balaban J connectivity index is 2.00. The van der Waals surface area contributed by atoms with Gasteiger partial charge in [-0.2, -0.15) is 10.2 Å². The minimum Gasteiger partial charge on any atom is -0.305 e.